The average molecular weight is 238 g/mol. The molecule has 1 aromatic heterocycles. The molecular weight excluding hydrogens is 220 g/mol. The number of ketones is 1. The molecule has 0 bridgehead atoms. The molecule has 2 heterocycles. The number of nitrogens with zero attached hydrogens (tertiary/aromatic N) is 1. The maximum Gasteiger partial charge on any atom is 0.183 e. The fourth-order valence-corrected chi connectivity index (χ4v) is 2.71. The Hall–Kier alpha value is -0.740. The van der Waals surface area contributed by atoms with E-state index in [-0.39, 0.29) is 5.78 Å². The van der Waals surface area contributed by atoms with Crippen LogP contribution < -0.4 is 5.32 Å². The Balaban J connectivity index is 1.90. The van der Waals surface area contributed by atoms with Gasteiger partial charge in [0.15, 0.2) is 5.78 Å². The molecule has 1 aliphatic rings. The Morgan fingerprint density at radius 2 is 2.44 bits per heavy atom. The molecular formula is C12H18N2OS. The van der Waals surface area contributed by atoms with Crippen molar-refractivity contribution in [1.82, 2.24) is 10.3 Å². The van der Waals surface area contributed by atoms with E-state index in [4.69, 9.17) is 0 Å². The SMILES string of the molecule is Cc1nc(C(=O)CC2CCCCCN2)cs1. The molecule has 1 unspecified atom stereocenters. The predicted molar refractivity (Wildman–Crippen MR) is 66.1 cm³/mol. The second kappa shape index (κ2) is 5.55. The lowest BCUT2D eigenvalue weighted by Crippen LogP contribution is -2.30. The van der Waals surface area contributed by atoms with E-state index in [1.165, 1.54) is 19.3 Å². The van der Waals surface area contributed by atoms with Gasteiger partial charge >= 0.3 is 0 Å². The number of carbonyl (C=O) groups is 1. The molecule has 1 atom stereocenters. The molecule has 4 heteroatoms. The highest BCUT2D eigenvalue weighted by atomic mass is 32.1. The van der Waals surface area contributed by atoms with Crippen molar-refractivity contribution in [3.8, 4) is 0 Å². The fourth-order valence-electron chi connectivity index (χ4n) is 2.09. The van der Waals surface area contributed by atoms with Crippen molar-refractivity contribution < 1.29 is 4.79 Å². The van der Waals surface area contributed by atoms with E-state index in [1.807, 2.05) is 12.3 Å². The highest BCUT2D eigenvalue weighted by molar-refractivity contribution is 7.09. The van der Waals surface area contributed by atoms with Crippen LogP contribution >= 0.6 is 11.3 Å². The smallest absolute Gasteiger partial charge is 0.183 e. The van der Waals surface area contributed by atoms with E-state index in [0.29, 0.717) is 18.2 Å². The van der Waals surface area contributed by atoms with Crippen LogP contribution in [0.25, 0.3) is 0 Å². The summed E-state index contributed by atoms with van der Waals surface area (Å²) in [5, 5.41) is 6.28. The molecule has 16 heavy (non-hydrogen) atoms. The predicted octanol–water partition coefficient (Wildman–Crippen LogP) is 2.56. The van der Waals surface area contributed by atoms with Gasteiger partial charge in [0, 0.05) is 17.8 Å². The molecule has 0 aromatic carbocycles. The summed E-state index contributed by atoms with van der Waals surface area (Å²) in [6.45, 7) is 2.99. The standard InChI is InChI=1S/C12H18N2OS/c1-9-14-11(8-16-9)12(15)7-10-5-3-2-4-6-13-10/h8,10,13H,2-7H2,1H3. The number of aromatic nitrogens is 1. The van der Waals surface area contributed by atoms with Crippen LogP contribution in [-0.4, -0.2) is 23.4 Å². The second-order valence-electron chi connectivity index (χ2n) is 4.38. The first kappa shape index (κ1) is 11.7. The summed E-state index contributed by atoms with van der Waals surface area (Å²) >= 11 is 1.55. The van der Waals surface area contributed by atoms with Gasteiger partial charge in [-0.25, -0.2) is 4.98 Å². The lowest BCUT2D eigenvalue weighted by molar-refractivity contribution is 0.0964. The fraction of sp³-hybridized carbons (Fsp3) is 0.667. The number of hydrogen-bond donors (Lipinski definition) is 1. The summed E-state index contributed by atoms with van der Waals surface area (Å²) in [5.41, 5.74) is 0.647. The van der Waals surface area contributed by atoms with Crippen molar-refractivity contribution in [1.29, 1.82) is 0 Å². The molecule has 0 spiro atoms. The Kier molecular flexibility index (Phi) is 4.07. The number of thiazole rings is 1. The molecule has 1 aromatic rings. The number of Topliss-reactive ketones (excluding diaryl/α,β-unsaturated/α-hetero) is 1. The summed E-state index contributed by atoms with van der Waals surface area (Å²) in [6.07, 6.45) is 5.48. The zero-order valence-electron chi connectivity index (χ0n) is 9.66. The number of nitrogens with one attached hydrogen (secondary N) is 1. The van der Waals surface area contributed by atoms with Crippen LogP contribution in [0, 0.1) is 6.92 Å². The van der Waals surface area contributed by atoms with E-state index in [1.54, 1.807) is 11.3 Å². The molecule has 0 radical (unpaired) electrons. The first-order valence-corrected chi connectivity index (χ1v) is 6.82. The van der Waals surface area contributed by atoms with E-state index in [9.17, 15) is 4.79 Å². The van der Waals surface area contributed by atoms with Crippen LogP contribution in [-0.2, 0) is 0 Å². The quantitative estimate of drug-likeness (QED) is 0.823. The molecule has 2 rings (SSSR count). The minimum atomic E-state index is 0.184. The van der Waals surface area contributed by atoms with Crippen LogP contribution in [0.15, 0.2) is 5.38 Å². The summed E-state index contributed by atoms with van der Waals surface area (Å²) < 4.78 is 0. The minimum Gasteiger partial charge on any atom is -0.314 e. The third-order valence-electron chi connectivity index (χ3n) is 3.00. The van der Waals surface area contributed by atoms with E-state index in [0.717, 1.165) is 18.0 Å². The first-order chi connectivity index (χ1) is 7.75. The molecule has 0 saturated carbocycles. The molecule has 0 amide bonds. The maximum absolute atomic E-state index is 11.9. The molecule has 1 N–H and O–H groups in total. The normalized spacial score (nSPS) is 21.7. The van der Waals surface area contributed by atoms with Gasteiger partial charge in [0.2, 0.25) is 0 Å². The van der Waals surface area contributed by atoms with Gasteiger partial charge < -0.3 is 5.32 Å². The topological polar surface area (TPSA) is 42.0 Å². The molecule has 88 valence electrons. The first-order valence-electron chi connectivity index (χ1n) is 5.94. The summed E-state index contributed by atoms with van der Waals surface area (Å²) in [6, 6.07) is 0.358. The van der Waals surface area contributed by atoms with E-state index in [2.05, 4.69) is 10.3 Å². The Morgan fingerprint density at radius 1 is 1.56 bits per heavy atom. The van der Waals surface area contributed by atoms with Crippen LogP contribution in [0.2, 0.25) is 0 Å². The van der Waals surface area contributed by atoms with Gasteiger partial charge in [0.1, 0.15) is 5.69 Å². The number of aryl methyl sites for hydroxylation is 1. The van der Waals surface area contributed by atoms with Crippen molar-refractivity contribution >= 4 is 17.1 Å². The zero-order valence-corrected chi connectivity index (χ0v) is 10.5. The largest absolute Gasteiger partial charge is 0.314 e. The monoisotopic (exact) mass is 238 g/mol. The van der Waals surface area contributed by atoms with Gasteiger partial charge in [-0.2, -0.15) is 0 Å². The van der Waals surface area contributed by atoms with Gasteiger partial charge in [-0.3, -0.25) is 4.79 Å². The maximum atomic E-state index is 11.9. The second-order valence-corrected chi connectivity index (χ2v) is 5.44. The summed E-state index contributed by atoms with van der Waals surface area (Å²) in [5.74, 6) is 0.184. The molecule has 1 fully saturated rings. The molecule has 1 aliphatic heterocycles. The van der Waals surface area contributed by atoms with Crippen molar-refractivity contribution in [2.45, 2.75) is 45.1 Å². The Morgan fingerprint density at radius 3 is 3.19 bits per heavy atom. The number of carbonyl (C=O) groups excluding carboxylic acids is 1. The minimum absolute atomic E-state index is 0.184. The van der Waals surface area contributed by atoms with Crippen molar-refractivity contribution in [2.75, 3.05) is 6.54 Å². The highest BCUT2D eigenvalue weighted by Crippen LogP contribution is 2.15. The molecule has 1 saturated heterocycles. The van der Waals surface area contributed by atoms with Crippen molar-refractivity contribution in [2.24, 2.45) is 0 Å². The zero-order chi connectivity index (χ0) is 11.4. The molecule has 0 aliphatic carbocycles. The third-order valence-corrected chi connectivity index (χ3v) is 3.77. The Bertz CT molecular complexity index is 354. The van der Waals surface area contributed by atoms with Crippen LogP contribution in [0.1, 0.15) is 47.6 Å². The van der Waals surface area contributed by atoms with Crippen LogP contribution in [0.4, 0.5) is 0 Å². The van der Waals surface area contributed by atoms with Gasteiger partial charge in [0.25, 0.3) is 0 Å². The third kappa shape index (κ3) is 3.12. The van der Waals surface area contributed by atoms with Crippen LogP contribution in [0.5, 0.6) is 0 Å². The van der Waals surface area contributed by atoms with Gasteiger partial charge in [-0.15, -0.1) is 11.3 Å². The number of hydrogen-bond acceptors (Lipinski definition) is 4. The summed E-state index contributed by atoms with van der Waals surface area (Å²) in [4.78, 5) is 16.2. The van der Waals surface area contributed by atoms with Crippen molar-refractivity contribution in [3.63, 3.8) is 0 Å². The van der Waals surface area contributed by atoms with E-state index >= 15 is 0 Å². The highest BCUT2D eigenvalue weighted by Gasteiger charge is 2.17. The molecule has 3 nitrogen and oxygen atoms in total. The lowest BCUT2D eigenvalue weighted by atomic mass is 10.0. The van der Waals surface area contributed by atoms with Crippen molar-refractivity contribution in [3.05, 3.63) is 16.1 Å². The Labute approximate surface area is 100 Å². The lowest BCUT2D eigenvalue weighted by Gasteiger charge is -2.13. The summed E-state index contributed by atoms with van der Waals surface area (Å²) in [7, 11) is 0. The van der Waals surface area contributed by atoms with Crippen LogP contribution in [0.3, 0.4) is 0 Å². The van der Waals surface area contributed by atoms with Gasteiger partial charge in [-0.1, -0.05) is 12.8 Å². The van der Waals surface area contributed by atoms with E-state index < -0.39 is 0 Å². The average Bonchev–Trinajstić information content (AvgIpc) is 2.54. The number of rotatable bonds is 3. The van der Waals surface area contributed by atoms with Gasteiger partial charge in [-0.05, 0) is 26.3 Å². The van der Waals surface area contributed by atoms with Gasteiger partial charge in [0.05, 0.1) is 5.01 Å².